The smallest absolute Gasteiger partial charge is 0.331 e. The summed E-state index contributed by atoms with van der Waals surface area (Å²) >= 11 is 0. The average molecular weight is 697 g/mol. The third-order valence-electron chi connectivity index (χ3n) is 14.5. The molecule has 49 heavy (non-hydrogen) atoms. The zero-order valence-electron chi connectivity index (χ0n) is 29.1. The number of methoxy groups -OCH3 is 1. The largest absolute Gasteiger partial charge is 0.458 e. The number of carbonyl (C=O) groups is 1. The van der Waals surface area contributed by atoms with E-state index in [1.165, 1.54) is 0 Å². The standard InChI is InChI=1S/C36H56O13/c1-18-31(49-32-30(41)29(40)28(39)25(16-37)48-32)24(44-4)14-27(46-18)47-20-5-9-33(2)22-6-10-34(3)21(19-13-26(38)45-17-19)8-12-36(34,43)23(22)7-11-35(33,42)15-20/h13,18,20-25,27-32,37,39-43H,5-12,14-17H2,1-4H3/t18?,20-,21?,22-,23+,24?,25?,27?,28?,29?,30?,31?,32?,33+,34+,35-,36-/m0/s1. The molecule has 278 valence electrons. The summed E-state index contributed by atoms with van der Waals surface area (Å²) in [6.07, 6.45) is -1.10. The van der Waals surface area contributed by atoms with Crippen LogP contribution in [0.4, 0.5) is 0 Å². The highest BCUT2D eigenvalue weighted by atomic mass is 16.7. The number of hydrogen-bond acceptors (Lipinski definition) is 13. The summed E-state index contributed by atoms with van der Waals surface area (Å²) in [4.78, 5) is 11.9. The Kier molecular flexibility index (Phi) is 9.60. The van der Waals surface area contributed by atoms with Gasteiger partial charge < -0.3 is 59.1 Å². The predicted octanol–water partition coefficient (Wildman–Crippen LogP) is 1.08. The monoisotopic (exact) mass is 696 g/mol. The van der Waals surface area contributed by atoms with Crippen LogP contribution >= 0.6 is 0 Å². The first-order valence-electron chi connectivity index (χ1n) is 18.3. The number of hydrogen-bond donors (Lipinski definition) is 6. The molecule has 0 aromatic heterocycles. The van der Waals surface area contributed by atoms with Gasteiger partial charge in [-0.05, 0) is 87.0 Å². The Labute approximate surface area is 287 Å². The van der Waals surface area contributed by atoms with Gasteiger partial charge in [-0.25, -0.2) is 4.79 Å². The second-order valence-corrected chi connectivity index (χ2v) is 16.6. The molecule has 3 aliphatic heterocycles. The van der Waals surface area contributed by atoms with Crippen LogP contribution in [0, 0.1) is 28.6 Å². The minimum absolute atomic E-state index is 0.0724. The van der Waals surface area contributed by atoms with Crippen molar-refractivity contribution in [2.45, 2.75) is 158 Å². The molecule has 7 rings (SSSR count). The van der Waals surface area contributed by atoms with Crippen LogP contribution in [0.1, 0.15) is 85.0 Å². The molecule has 0 amide bonds. The van der Waals surface area contributed by atoms with Crippen LogP contribution in [-0.2, 0) is 33.2 Å². The van der Waals surface area contributed by atoms with Gasteiger partial charge in [0, 0.05) is 31.4 Å². The zero-order valence-corrected chi connectivity index (χ0v) is 29.1. The lowest BCUT2D eigenvalue weighted by Crippen LogP contribution is -2.67. The summed E-state index contributed by atoms with van der Waals surface area (Å²) in [5, 5.41) is 65.4. The van der Waals surface area contributed by atoms with E-state index >= 15 is 0 Å². The SMILES string of the molecule is COC1CC(O[C@H]2CC[C@]3(C)[C@H]4CC[C@]5(C)C(C6=CC(=O)OC6)CC[C@]5(O)[C@@H]4CC[C@]3(O)C2)OC(C)C1OC1OC(CO)C(O)C(O)C1O. The van der Waals surface area contributed by atoms with E-state index in [-0.39, 0.29) is 40.7 Å². The summed E-state index contributed by atoms with van der Waals surface area (Å²) in [5.41, 5.74) is -1.52. The molecule has 17 atom stereocenters. The third kappa shape index (κ3) is 5.65. The van der Waals surface area contributed by atoms with Crippen molar-refractivity contribution in [1.82, 2.24) is 0 Å². The molecule has 0 aromatic carbocycles. The van der Waals surface area contributed by atoms with Crippen LogP contribution in [0.15, 0.2) is 11.6 Å². The Morgan fingerprint density at radius 2 is 1.63 bits per heavy atom. The fraction of sp³-hybridized carbons (Fsp3) is 0.917. The average Bonchev–Trinajstić information content (AvgIpc) is 3.61. The van der Waals surface area contributed by atoms with Crippen LogP contribution in [0.3, 0.4) is 0 Å². The Morgan fingerprint density at radius 1 is 0.898 bits per heavy atom. The molecule has 0 spiro atoms. The molecule has 13 heteroatoms. The van der Waals surface area contributed by atoms with Gasteiger partial charge in [0.15, 0.2) is 12.6 Å². The normalized spacial score (nSPS) is 54.4. The number of aliphatic hydroxyl groups is 6. The highest BCUT2D eigenvalue weighted by molar-refractivity contribution is 5.85. The van der Waals surface area contributed by atoms with Crippen LogP contribution in [-0.4, -0.2) is 130 Å². The van der Waals surface area contributed by atoms with Crippen LogP contribution in [0.5, 0.6) is 0 Å². The molecule has 2 saturated heterocycles. The number of carbonyl (C=O) groups excluding carboxylic acids is 1. The number of fused-ring (bicyclic) bond motifs is 5. The van der Waals surface area contributed by atoms with E-state index in [4.69, 9.17) is 28.4 Å². The fourth-order valence-electron chi connectivity index (χ4n) is 11.5. The van der Waals surface area contributed by atoms with E-state index in [1.54, 1.807) is 20.1 Å². The molecule has 6 N–H and O–H groups in total. The maximum Gasteiger partial charge on any atom is 0.331 e. The summed E-state index contributed by atoms with van der Waals surface area (Å²) in [5.74, 6) is 0.0783. The topological polar surface area (TPSA) is 194 Å². The third-order valence-corrected chi connectivity index (χ3v) is 14.5. The zero-order chi connectivity index (χ0) is 35.1. The lowest BCUT2D eigenvalue weighted by atomic mass is 9.42. The molecule has 0 radical (unpaired) electrons. The van der Waals surface area contributed by atoms with Gasteiger partial charge in [-0.3, -0.25) is 0 Å². The van der Waals surface area contributed by atoms with Crippen molar-refractivity contribution in [3.8, 4) is 0 Å². The Hall–Kier alpha value is -1.23. The molecule has 0 aromatic rings. The maximum atomic E-state index is 12.5. The first kappa shape index (κ1) is 36.1. The molecule has 7 aliphatic rings. The van der Waals surface area contributed by atoms with Crippen molar-refractivity contribution in [1.29, 1.82) is 0 Å². The molecule has 3 heterocycles. The Balaban J connectivity index is 0.994. The molecule has 4 aliphatic carbocycles. The van der Waals surface area contributed by atoms with Crippen molar-refractivity contribution in [3.05, 3.63) is 11.6 Å². The summed E-state index contributed by atoms with van der Waals surface area (Å²) in [7, 11) is 1.55. The van der Waals surface area contributed by atoms with Crippen molar-refractivity contribution in [3.63, 3.8) is 0 Å². The Bertz CT molecular complexity index is 1280. The number of ether oxygens (including phenoxy) is 6. The van der Waals surface area contributed by atoms with Gasteiger partial charge in [0.2, 0.25) is 0 Å². The summed E-state index contributed by atoms with van der Waals surface area (Å²) < 4.78 is 35.4. The second kappa shape index (κ2) is 13.0. The molecule has 6 fully saturated rings. The van der Waals surface area contributed by atoms with E-state index in [9.17, 15) is 35.4 Å². The minimum Gasteiger partial charge on any atom is -0.458 e. The van der Waals surface area contributed by atoms with Crippen LogP contribution in [0.2, 0.25) is 0 Å². The number of esters is 1. The van der Waals surface area contributed by atoms with Crippen LogP contribution < -0.4 is 0 Å². The fourth-order valence-corrected chi connectivity index (χ4v) is 11.5. The van der Waals surface area contributed by atoms with E-state index < -0.39 is 73.1 Å². The molecule has 4 saturated carbocycles. The molecule has 10 unspecified atom stereocenters. The highest BCUT2D eigenvalue weighted by Crippen LogP contribution is 2.70. The minimum atomic E-state index is -1.56. The van der Waals surface area contributed by atoms with Gasteiger partial charge in [0.05, 0.1) is 36.1 Å². The van der Waals surface area contributed by atoms with Crippen molar-refractivity contribution >= 4 is 5.97 Å². The first-order valence-corrected chi connectivity index (χ1v) is 18.3. The van der Waals surface area contributed by atoms with E-state index in [2.05, 4.69) is 13.8 Å². The number of rotatable bonds is 7. The highest BCUT2D eigenvalue weighted by Gasteiger charge is 2.70. The lowest BCUT2D eigenvalue weighted by Gasteiger charge is -2.66. The first-order chi connectivity index (χ1) is 23.2. The van der Waals surface area contributed by atoms with E-state index in [0.29, 0.717) is 32.3 Å². The van der Waals surface area contributed by atoms with Gasteiger partial charge in [0.25, 0.3) is 0 Å². The lowest BCUT2D eigenvalue weighted by molar-refractivity contribution is -0.347. The maximum absolute atomic E-state index is 12.5. The summed E-state index contributed by atoms with van der Waals surface area (Å²) in [6.45, 7) is 5.98. The van der Waals surface area contributed by atoms with Gasteiger partial charge in [-0.1, -0.05) is 13.8 Å². The Morgan fingerprint density at radius 3 is 2.33 bits per heavy atom. The van der Waals surface area contributed by atoms with Gasteiger partial charge >= 0.3 is 5.97 Å². The molecular weight excluding hydrogens is 640 g/mol. The summed E-state index contributed by atoms with van der Waals surface area (Å²) in [6, 6.07) is 0. The van der Waals surface area contributed by atoms with Gasteiger partial charge in [0.1, 0.15) is 37.1 Å². The molecule has 0 bridgehead atoms. The molecular formula is C36H56O13. The van der Waals surface area contributed by atoms with Gasteiger partial charge in [-0.2, -0.15) is 0 Å². The van der Waals surface area contributed by atoms with E-state index in [0.717, 1.165) is 44.1 Å². The van der Waals surface area contributed by atoms with Crippen LogP contribution in [0.25, 0.3) is 0 Å². The van der Waals surface area contributed by atoms with Crippen molar-refractivity contribution in [2.24, 2.45) is 28.6 Å². The number of aliphatic hydroxyl groups excluding tert-OH is 4. The van der Waals surface area contributed by atoms with E-state index in [1.807, 2.05) is 0 Å². The van der Waals surface area contributed by atoms with Gasteiger partial charge in [-0.15, -0.1) is 0 Å². The van der Waals surface area contributed by atoms with Crippen molar-refractivity contribution < 1.29 is 63.9 Å². The van der Waals surface area contributed by atoms with Crippen molar-refractivity contribution in [2.75, 3.05) is 20.3 Å². The quantitative estimate of drug-likeness (QED) is 0.164. The number of cyclic esters (lactones) is 1. The second-order valence-electron chi connectivity index (χ2n) is 16.6. The molecule has 13 nitrogen and oxygen atoms in total. The predicted molar refractivity (Wildman–Crippen MR) is 170 cm³/mol.